The van der Waals surface area contributed by atoms with Crippen LogP contribution in [0.5, 0.6) is 0 Å². The highest BCUT2D eigenvalue weighted by Crippen LogP contribution is 2.32. The molecule has 3 heterocycles. The van der Waals surface area contributed by atoms with Crippen LogP contribution in [-0.4, -0.2) is 56.7 Å². The van der Waals surface area contributed by atoms with Gasteiger partial charge in [0.1, 0.15) is 17.5 Å². The quantitative estimate of drug-likeness (QED) is 0.255. The molecule has 0 radical (unpaired) electrons. The third-order valence-corrected chi connectivity index (χ3v) is 7.73. The summed E-state index contributed by atoms with van der Waals surface area (Å²) in [5.74, 6) is 1.33. The highest BCUT2D eigenvalue weighted by Gasteiger charge is 2.27. The molecule has 1 saturated heterocycles. The fourth-order valence-electron chi connectivity index (χ4n) is 5.12. The number of amides is 1. The van der Waals surface area contributed by atoms with Crippen LogP contribution in [0.4, 0.5) is 10.2 Å². The molecule has 204 valence electrons. The zero-order chi connectivity index (χ0) is 27.7. The summed E-state index contributed by atoms with van der Waals surface area (Å²) in [5.41, 5.74) is 2.68. The van der Waals surface area contributed by atoms with Crippen LogP contribution in [0.25, 0.3) is 16.7 Å². The van der Waals surface area contributed by atoms with E-state index < -0.39 is 0 Å². The molecule has 2 aromatic carbocycles. The molecule has 1 atom stereocenters. The summed E-state index contributed by atoms with van der Waals surface area (Å²) in [6.07, 6.45) is 2.74. The summed E-state index contributed by atoms with van der Waals surface area (Å²) < 4.78 is 15.4. The molecule has 4 aromatic rings. The van der Waals surface area contributed by atoms with Crippen LogP contribution in [0.1, 0.15) is 60.9 Å². The molecule has 1 aliphatic rings. The van der Waals surface area contributed by atoms with E-state index >= 15 is 0 Å². The van der Waals surface area contributed by atoms with Gasteiger partial charge < -0.3 is 9.80 Å². The Morgan fingerprint density at radius 2 is 1.82 bits per heavy atom. The predicted octanol–water partition coefficient (Wildman–Crippen LogP) is 6.83. The Bertz CT molecular complexity index is 1510. The highest BCUT2D eigenvalue weighted by atomic mass is 35.5. The van der Waals surface area contributed by atoms with E-state index in [9.17, 15) is 9.18 Å². The molecule has 0 bridgehead atoms. The van der Waals surface area contributed by atoms with Crippen molar-refractivity contribution in [3.8, 4) is 5.69 Å². The summed E-state index contributed by atoms with van der Waals surface area (Å²) in [7, 11) is 0. The molecular weight excluding hydrogens is 538 g/mol. The maximum atomic E-state index is 13.7. The van der Waals surface area contributed by atoms with Crippen molar-refractivity contribution >= 4 is 46.0 Å². The molecule has 1 aliphatic heterocycles. The van der Waals surface area contributed by atoms with Crippen molar-refractivity contribution in [3.63, 3.8) is 0 Å². The van der Waals surface area contributed by atoms with Gasteiger partial charge in [-0.3, -0.25) is 4.79 Å². The number of hydrogen-bond acceptors (Lipinski definition) is 5. The van der Waals surface area contributed by atoms with Crippen molar-refractivity contribution in [2.75, 3.05) is 31.1 Å². The van der Waals surface area contributed by atoms with E-state index in [1.54, 1.807) is 35.0 Å². The normalized spacial score (nSPS) is 15.0. The fraction of sp³-hybridized carbons (Fsp3) is 0.379. The summed E-state index contributed by atoms with van der Waals surface area (Å²) in [6, 6.07) is 11.2. The molecule has 7 nitrogen and oxygen atoms in total. The number of carbonyl (C=O) groups excluding carboxylic acids is 1. The van der Waals surface area contributed by atoms with Crippen molar-refractivity contribution < 1.29 is 9.18 Å². The Hall–Kier alpha value is -3.23. The van der Waals surface area contributed by atoms with E-state index in [0.717, 1.165) is 54.2 Å². The van der Waals surface area contributed by atoms with E-state index in [0.29, 0.717) is 40.9 Å². The van der Waals surface area contributed by atoms with Gasteiger partial charge in [-0.05, 0) is 62.2 Å². The zero-order valence-corrected chi connectivity index (χ0v) is 23.8. The number of fused-ring (bicyclic) bond motifs is 1. The number of hydrogen-bond donors (Lipinski definition) is 0. The molecule has 2 aromatic heterocycles. The van der Waals surface area contributed by atoms with Crippen LogP contribution in [0.2, 0.25) is 10.0 Å². The molecule has 5 rings (SSSR count). The maximum Gasteiger partial charge on any atom is 0.255 e. The first-order valence-electron chi connectivity index (χ1n) is 13.3. The summed E-state index contributed by atoms with van der Waals surface area (Å²) in [6.45, 7) is 8.69. The van der Waals surface area contributed by atoms with Crippen LogP contribution in [0, 0.1) is 12.7 Å². The second-order valence-electron chi connectivity index (χ2n) is 10.0. The van der Waals surface area contributed by atoms with E-state index in [1.807, 2.05) is 11.8 Å². The first-order valence-corrected chi connectivity index (χ1v) is 14.0. The summed E-state index contributed by atoms with van der Waals surface area (Å²) >= 11 is 12.4. The lowest BCUT2D eigenvalue weighted by Gasteiger charge is -2.25. The number of aromatic nitrogens is 4. The molecule has 39 heavy (non-hydrogen) atoms. The summed E-state index contributed by atoms with van der Waals surface area (Å²) in [4.78, 5) is 27.4. The van der Waals surface area contributed by atoms with Gasteiger partial charge in [0.2, 0.25) is 0 Å². The van der Waals surface area contributed by atoms with Gasteiger partial charge in [0.05, 0.1) is 27.4 Å². The van der Waals surface area contributed by atoms with Gasteiger partial charge in [-0.1, -0.05) is 43.5 Å². The first kappa shape index (κ1) is 27.3. The lowest BCUT2D eigenvalue weighted by atomic mass is 10.1. The minimum atomic E-state index is -0.303. The molecule has 10 heteroatoms. The van der Waals surface area contributed by atoms with E-state index in [1.165, 1.54) is 12.1 Å². The molecule has 0 aliphatic carbocycles. The van der Waals surface area contributed by atoms with Gasteiger partial charge in [-0.2, -0.15) is 5.10 Å². The monoisotopic (exact) mass is 568 g/mol. The first-order chi connectivity index (χ1) is 18.8. The van der Waals surface area contributed by atoms with Gasteiger partial charge in [0, 0.05) is 37.1 Å². The Labute approximate surface area is 237 Å². The van der Waals surface area contributed by atoms with Crippen molar-refractivity contribution in [3.05, 3.63) is 75.4 Å². The number of benzene rings is 2. The van der Waals surface area contributed by atoms with Gasteiger partial charge in [0.25, 0.3) is 5.91 Å². The lowest BCUT2D eigenvalue weighted by Crippen LogP contribution is -2.35. The van der Waals surface area contributed by atoms with Crippen LogP contribution in [0.15, 0.2) is 42.5 Å². The Balaban J connectivity index is 1.52. The fourth-order valence-corrected chi connectivity index (χ4v) is 5.61. The Morgan fingerprint density at radius 1 is 1.05 bits per heavy atom. The second-order valence-corrected chi connectivity index (χ2v) is 10.9. The SMILES string of the molecule is CCCC(C)c1nc(N2CCCN(C(=O)c3ccc(Cl)cc3Cl)CC2)c2c(C)nn(-c3ccc(F)cc3)c2n1. The molecule has 0 N–H and O–H groups in total. The van der Waals surface area contributed by atoms with Crippen molar-refractivity contribution in [1.82, 2.24) is 24.6 Å². The number of nitrogens with zero attached hydrogens (tertiary/aromatic N) is 6. The van der Waals surface area contributed by atoms with E-state index in [2.05, 4.69) is 18.7 Å². The third-order valence-electron chi connectivity index (χ3n) is 7.18. The second kappa shape index (κ2) is 11.5. The van der Waals surface area contributed by atoms with Crippen molar-refractivity contribution in [2.45, 2.75) is 46.0 Å². The molecular formula is C29H31Cl2FN6O. The highest BCUT2D eigenvalue weighted by molar-refractivity contribution is 6.36. The van der Waals surface area contributed by atoms with Gasteiger partial charge in [-0.25, -0.2) is 19.0 Å². The molecule has 1 fully saturated rings. The molecule has 1 amide bonds. The molecule has 0 saturated carbocycles. The Morgan fingerprint density at radius 3 is 2.54 bits per heavy atom. The average molecular weight is 570 g/mol. The number of anilines is 1. The van der Waals surface area contributed by atoms with Crippen LogP contribution >= 0.6 is 23.2 Å². The number of aryl methyl sites for hydroxylation is 1. The average Bonchev–Trinajstić information content (AvgIpc) is 3.08. The molecule has 0 spiro atoms. The standard InChI is InChI=1S/C29H31Cl2FN6O/c1-4-6-18(2)26-33-27(25-19(3)35-38(28(25)34-26)22-10-8-21(32)9-11-22)36-13-5-14-37(16-15-36)29(39)23-12-7-20(30)17-24(23)31/h7-12,17-18H,4-6,13-16H2,1-3H3. The third kappa shape index (κ3) is 5.58. The largest absolute Gasteiger partial charge is 0.354 e. The number of halogens is 3. The van der Waals surface area contributed by atoms with Crippen LogP contribution in [0.3, 0.4) is 0 Å². The van der Waals surface area contributed by atoms with Crippen molar-refractivity contribution in [2.24, 2.45) is 0 Å². The predicted molar refractivity (Wildman–Crippen MR) is 154 cm³/mol. The van der Waals surface area contributed by atoms with Gasteiger partial charge in [-0.15, -0.1) is 0 Å². The van der Waals surface area contributed by atoms with Crippen LogP contribution < -0.4 is 4.90 Å². The molecule has 1 unspecified atom stereocenters. The van der Waals surface area contributed by atoms with Crippen molar-refractivity contribution in [1.29, 1.82) is 0 Å². The topological polar surface area (TPSA) is 67.2 Å². The van der Waals surface area contributed by atoms with Gasteiger partial charge in [0.15, 0.2) is 5.65 Å². The smallest absolute Gasteiger partial charge is 0.255 e. The van der Waals surface area contributed by atoms with Gasteiger partial charge >= 0.3 is 0 Å². The summed E-state index contributed by atoms with van der Waals surface area (Å²) in [5, 5.41) is 6.51. The van der Waals surface area contributed by atoms with Crippen LogP contribution in [-0.2, 0) is 0 Å². The number of carbonyl (C=O) groups is 1. The lowest BCUT2D eigenvalue weighted by molar-refractivity contribution is 0.0767. The zero-order valence-electron chi connectivity index (χ0n) is 22.3. The minimum Gasteiger partial charge on any atom is -0.354 e. The Kier molecular flexibility index (Phi) is 8.05. The van der Waals surface area contributed by atoms with E-state index in [4.69, 9.17) is 38.3 Å². The minimum absolute atomic E-state index is 0.107. The number of rotatable bonds is 6. The van der Waals surface area contributed by atoms with E-state index in [-0.39, 0.29) is 17.6 Å². The maximum absolute atomic E-state index is 13.7.